The monoisotopic (exact) mass is 321 g/mol. The zero-order chi connectivity index (χ0) is 17.2. The van der Waals surface area contributed by atoms with Gasteiger partial charge in [-0.3, -0.25) is 14.9 Å². The number of rotatable bonds is 5. The van der Waals surface area contributed by atoms with Gasteiger partial charge in [-0.05, 0) is 12.5 Å². The number of aliphatic hydroxyl groups excluding tert-OH is 1. The predicted octanol–water partition coefficient (Wildman–Crippen LogP) is 2.36. The number of anilines is 1. The van der Waals surface area contributed by atoms with Crippen LogP contribution in [0.2, 0.25) is 0 Å². The van der Waals surface area contributed by atoms with Crippen LogP contribution in [0.15, 0.2) is 18.2 Å². The quantitative estimate of drug-likeness (QED) is 0.570. The average molecular weight is 321 g/mol. The lowest BCUT2D eigenvalue weighted by Crippen LogP contribution is -2.45. The van der Waals surface area contributed by atoms with Crippen LogP contribution in [0.4, 0.5) is 11.4 Å². The van der Waals surface area contributed by atoms with Gasteiger partial charge in [-0.25, -0.2) is 0 Å². The number of amides is 1. The molecule has 2 unspecified atom stereocenters. The number of non-ortho nitro benzene ring substituents is 1. The Kier molecular flexibility index (Phi) is 4.89. The van der Waals surface area contributed by atoms with Gasteiger partial charge in [0.15, 0.2) is 0 Å². The van der Waals surface area contributed by atoms with Crippen LogP contribution in [-0.2, 0) is 4.79 Å². The fraction of sp³-hybridized carbons (Fsp3) is 0.562. The molecule has 0 radical (unpaired) electrons. The molecular formula is C16H23N3O4. The molecule has 0 fully saturated rings. The minimum Gasteiger partial charge on any atom is -0.396 e. The number of nitro groups is 1. The normalized spacial score (nSPS) is 20.3. The van der Waals surface area contributed by atoms with Crippen molar-refractivity contribution in [1.29, 1.82) is 0 Å². The lowest BCUT2D eigenvalue weighted by Gasteiger charge is -2.41. The topological polar surface area (TPSA) is 104 Å². The molecule has 0 spiro atoms. The van der Waals surface area contributed by atoms with Gasteiger partial charge in [0.25, 0.3) is 5.69 Å². The summed E-state index contributed by atoms with van der Waals surface area (Å²) in [4.78, 5) is 22.4. The van der Waals surface area contributed by atoms with Crippen LogP contribution in [0.25, 0.3) is 0 Å². The van der Waals surface area contributed by atoms with Crippen molar-refractivity contribution < 1.29 is 14.8 Å². The molecule has 23 heavy (non-hydrogen) atoms. The first kappa shape index (κ1) is 17.2. The fourth-order valence-corrected chi connectivity index (χ4v) is 2.75. The molecule has 2 rings (SSSR count). The molecule has 1 aromatic rings. The number of nitrogens with zero attached hydrogens (tertiary/aromatic N) is 1. The number of benzene rings is 1. The molecule has 1 aromatic carbocycles. The van der Waals surface area contributed by atoms with Crippen molar-refractivity contribution in [2.75, 3.05) is 11.9 Å². The Balaban J connectivity index is 2.41. The summed E-state index contributed by atoms with van der Waals surface area (Å²) in [5.41, 5.74) is 1.09. The molecule has 0 saturated carbocycles. The second-order valence-corrected chi connectivity index (χ2v) is 6.58. The number of hydrogen-bond donors (Lipinski definition) is 3. The first-order valence-electron chi connectivity index (χ1n) is 7.73. The Morgan fingerprint density at radius 1 is 1.52 bits per heavy atom. The molecule has 0 aliphatic carbocycles. The van der Waals surface area contributed by atoms with Crippen molar-refractivity contribution in [2.45, 2.75) is 45.7 Å². The summed E-state index contributed by atoms with van der Waals surface area (Å²) in [6.45, 7) is 5.65. The predicted molar refractivity (Wildman–Crippen MR) is 87.2 cm³/mol. The molecular weight excluding hydrogens is 298 g/mol. The Hall–Kier alpha value is -2.15. The van der Waals surface area contributed by atoms with E-state index in [1.165, 1.54) is 12.1 Å². The van der Waals surface area contributed by atoms with Crippen LogP contribution in [0.1, 0.15) is 45.2 Å². The van der Waals surface area contributed by atoms with E-state index in [-0.39, 0.29) is 35.7 Å². The van der Waals surface area contributed by atoms with Crippen molar-refractivity contribution in [2.24, 2.45) is 5.41 Å². The molecule has 2 atom stereocenters. The number of carbonyl (C=O) groups is 1. The summed E-state index contributed by atoms with van der Waals surface area (Å²) in [5, 5.41) is 26.9. The van der Waals surface area contributed by atoms with E-state index < -0.39 is 4.92 Å². The average Bonchev–Trinajstić information content (AvgIpc) is 2.53. The molecule has 1 aliphatic heterocycles. The van der Waals surface area contributed by atoms with E-state index in [2.05, 4.69) is 10.6 Å². The summed E-state index contributed by atoms with van der Waals surface area (Å²) >= 11 is 0. The molecule has 0 bridgehead atoms. The van der Waals surface area contributed by atoms with Crippen molar-refractivity contribution in [3.8, 4) is 0 Å². The number of hydrogen-bond acceptors (Lipinski definition) is 5. The molecule has 7 heteroatoms. The van der Waals surface area contributed by atoms with Gasteiger partial charge in [0.1, 0.15) is 0 Å². The third kappa shape index (κ3) is 3.61. The van der Waals surface area contributed by atoms with E-state index in [0.29, 0.717) is 18.4 Å². The van der Waals surface area contributed by atoms with Crippen molar-refractivity contribution in [3.05, 3.63) is 33.9 Å². The third-order valence-corrected chi connectivity index (χ3v) is 4.43. The van der Waals surface area contributed by atoms with Crippen LogP contribution in [0.5, 0.6) is 0 Å². The third-order valence-electron chi connectivity index (χ3n) is 4.43. The highest BCUT2D eigenvalue weighted by molar-refractivity contribution is 5.77. The van der Waals surface area contributed by atoms with Crippen LogP contribution < -0.4 is 10.6 Å². The van der Waals surface area contributed by atoms with Gasteiger partial charge in [0, 0.05) is 41.3 Å². The van der Waals surface area contributed by atoms with E-state index in [0.717, 1.165) is 5.69 Å². The van der Waals surface area contributed by atoms with E-state index in [4.69, 9.17) is 0 Å². The van der Waals surface area contributed by atoms with Crippen LogP contribution in [0.3, 0.4) is 0 Å². The summed E-state index contributed by atoms with van der Waals surface area (Å²) < 4.78 is 0. The minimum absolute atomic E-state index is 0.00108. The molecule has 0 saturated heterocycles. The van der Waals surface area contributed by atoms with E-state index in [1.54, 1.807) is 13.0 Å². The van der Waals surface area contributed by atoms with E-state index in [1.807, 2.05) is 13.8 Å². The lowest BCUT2D eigenvalue weighted by molar-refractivity contribution is -0.384. The highest BCUT2D eigenvalue weighted by Gasteiger charge is 2.37. The molecule has 126 valence electrons. The zero-order valence-corrected chi connectivity index (χ0v) is 13.6. The number of nitro benzene ring substituents is 1. The highest BCUT2D eigenvalue weighted by atomic mass is 16.6. The Morgan fingerprint density at radius 2 is 2.22 bits per heavy atom. The van der Waals surface area contributed by atoms with Crippen molar-refractivity contribution >= 4 is 17.3 Å². The highest BCUT2D eigenvalue weighted by Crippen LogP contribution is 2.40. The smallest absolute Gasteiger partial charge is 0.269 e. The van der Waals surface area contributed by atoms with E-state index in [9.17, 15) is 20.0 Å². The van der Waals surface area contributed by atoms with Gasteiger partial charge in [0.05, 0.1) is 17.6 Å². The zero-order valence-electron chi connectivity index (χ0n) is 13.6. The second-order valence-electron chi connectivity index (χ2n) is 6.58. The second kappa shape index (κ2) is 6.54. The van der Waals surface area contributed by atoms with Crippen molar-refractivity contribution in [1.82, 2.24) is 5.32 Å². The number of fused-ring (bicyclic) bond motifs is 1. The molecule has 7 nitrogen and oxygen atoms in total. The van der Waals surface area contributed by atoms with Gasteiger partial charge >= 0.3 is 0 Å². The van der Waals surface area contributed by atoms with Crippen LogP contribution >= 0.6 is 0 Å². The SMILES string of the molecule is CCC(=O)NC1CC(C(C)(C)CO)Nc2ccc([N+](=O)[O-])cc21. The van der Waals surface area contributed by atoms with Crippen LogP contribution in [-0.4, -0.2) is 28.6 Å². The number of aliphatic hydroxyl groups is 1. The molecule has 3 N–H and O–H groups in total. The Morgan fingerprint density at radius 3 is 2.78 bits per heavy atom. The van der Waals surface area contributed by atoms with Gasteiger partial charge in [-0.2, -0.15) is 0 Å². The molecule has 1 heterocycles. The molecule has 1 amide bonds. The van der Waals surface area contributed by atoms with Gasteiger partial charge in [-0.15, -0.1) is 0 Å². The maximum Gasteiger partial charge on any atom is 0.269 e. The van der Waals surface area contributed by atoms with Gasteiger partial charge in [0.2, 0.25) is 5.91 Å². The molecule has 1 aliphatic rings. The maximum atomic E-state index is 11.8. The summed E-state index contributed by atoms with van der Waals surface area (Å²) in [6.07, 6.45) is 0.912. The number of carbonyl (C=O) groups excluding carboxylic acids is 1. The van der Waals surface area contributed by atoms with Gasteiger partial charge < -0.3 is 15.7 Å². The Labute approximate surface area is 135 Å². The number of nitrogens with one attached hydrogen (secondary N) is 2. The van der Waals surface area contributed by atoms with Crippen LogP contribution in [0, 0.1) is 15.5 Å². The van der Waals surface area contributed by atoms with Crippen molar-refractivity contribution in [3.63, 3.8) is 0 Å². The lowest BCUT2D eigenvalue weighted by atomic mass is 9.78. The Bertz CT molecular complexity index is 615. The summed E-state index contributed by atoms with van der Waals surface area (Å²) in [7, 11) is 0. The van der Waals surface area contributed by atoms with Gasteiger partial charge in [-0.1, -0.05) is 20.8 Å². The standard InChI is InChI=1S/C16H23N3O4/c1-4-15(21)18-13-8-14(16(2,3)9-20)17-12-6-5-10(19(22)23)7-11(12)13/h5-7,13-14,17,20H,4,8-9H2,1-3H3,(H,18,21). The summed E-state index contributed by atoms with van der Waals surface area (Å²) in [6, 6.07) is 4.25. The maximum absolute atomic E-state index is 11.8. The fourth-order valence-electron chi connectivity index (χ4n) is 2.75. The van der Waals surface area contributed by atoms with E-state index >= 15 is 0 Å². The molecule has 0 aromatic heterocycles. The largest absolute Gasteiger partial charge is 0.396 e. The minimum atomic E-state index is -0.442. The summed E-state index contributed by atoms with van der Waals surface area (Å²) in [5.74, 6) is -0.102. The first-order valence-corrected chi connectivity index (χ1v) is 7.73. The first-order chi connectivity index (χ1) is 10.8.